The van der Waals surface area contributed by atoms with Gasteiger partial charge in [-0.1, -0.05) is 0 Å². The SMILES string of the molecule is C[11C](=O)O[C@H](CC(=O)O)C[N+](C)(C)C. The molecule has 0 amide bonds. The predicted octanol–water partition coefficient (Wildman–Crippen LogP) is 0.0990. The number of carbonyl (C=O) groups is 2. The molecule has 0 aromatic rings. The lowest BCUT2D eigenvalue weighted by molar-refractivity contribution is -0.873. The molecule has 0 aromatic carbocycles. The van der Waals surface area contributed by atoms with E-state index in [4.69, 9.17) is 9.84 Å². The molecule has 1 N–H and O–H groups in total. The van der Waals surface area contributed by atoms with Gasteiger partial charge in [-0.3, -0.25) is 9.59 Å². The minimum Gasteiger partial charge on any atom is -0.481 e. The lowest BCUT2D eigenvalue weighted by Crippen LogP contribution is -2.43. The van der Waals surface area contributed by atoms with E-state index in [2.05, 4.69) is 0 Å². The van der Waals surface area contributed by atoms with Gasteiger partial charge in [0.05, 0.1) is 27.6 Å². The fourth-order valence-electron chi connectivity index (χ4n) is 1.18. The maximum Gasteiger partial charge on any atom is 0.307 e. The highest BCUT2D eigenvalue weighted by atomic mass is 16.5. The Morgan fingerprint density at radius 1 is 1.36 bits per heavy atom. The molecule has 0 fully saturated rings. The third kappa shape index (κ3) is 7.54. The second-order valence-corrected chi connectivity index (χ2v) is 4.30. The van der Waals surface area contributed by atoms with Crippen molar-refractivity contribution in [2.24, 2.45) is 0 Å². The van der Waals surface area contributed by atoms with Crippen LogP contribution in [-0.4, -0.2) is 55.3 Å². The molecular formula is C9H18NO4+. The van der Waals surface area contributed by atoms with E-state index in [1.165, 1.54) is 6.92 Å². The molecule has 0 spiro atoms. The van der Waals surface area contributed by atoms with E-state index >= 15 is 0 Å². The van der Waals surface area contributed by atoms with Crippen LogP contribution >= 0.6 is 0 Å². The van der Waals surface area contributed by atoms with Gasteiger partial charge in [-0.25, -0.2) is 0 Å². The molecule has 0 rings (SSSR count). The summed E-state index contributed by atoms with van der Waals surface area (Å²) in [5, 5.41) is 8.60. The molecule has 0 unspecified atom stereocenters. The van der Waals surface area contributed by atoms with Gasteiger partial charge in [-0.05, 0) is 0 Å². The normalized spacial score (nSPS) is 13.4. The maximum absolute atomic E-state index is 10.7. The van der Waals surface area contributed by atoms with E-state index in [0.717, 1.165) is 0 Å². The van der Waals surface area contributed by atoms with Crippen molar-refractivity contribution in [1.82, 2.24) is 0 Å². The Hall–Kier alpha value is -1.10. The number of aliphatic carboxylic acids is 1. The van der Waals surface area contributed by atoms with Crippen LogP contribution in [0.5, 0.6) is 0 Å². The maximum atomic E-state index is 10.7. The molecule has 14 heavy (non-hydrogen) atoms. The number of rotatable bonds is 5. The zero-order chi connectivity index (χ0) is 11.4. The number of carboxylic acid groups (broad SMARTS) is 1. The standard InChI is InChI=1S/C9H17NO4/c1-7(11)14-8(5-9(12)13)6-10(2,3)4/h8H,5-6H2,1-4H3/p+1/t8-/m1/s1/i7-1. The lowest BCUT2D eigenvalue weighted by atomic mass is 10.1. The Kier molecular flexibility index (Phi) is 4.56. The first kappa shape index (κ1) is 12.9. The summed E-state index contributed by atoms with van der Waals surface area (Å²) in [7, 11) is 5.75. The highest BCUT2D eigenvalue weighted by molar-refractivity contribution is 5.69. The van der Waals surface area contributed by atoms with Crippen molar-refractivity contribution >= 4 is 11.9 Å². The summed E-state index contributed by atoms with van der Waals surface area (Å²) in [4.78, 5) is 21.2. The summed E-state index contributed by atoms with van der Waals surface area (Å²) in [6.07, 6.45) is -0.695. The van der Waals surface area contributed by atoms with E-state index in [-0.39, 0.29) is 6.42 Å². The summed E-state index contributed by atoms with van der Waals surface area (Å²) >= 11 is 0. The van der Waals surface area contributed by atoms with Crippen LogP contribution in [0.3, 0.4) is 0 Å². The fourth-order valence-corrected chi connectivity index (χ4v) is 1.18. The average Bonchev–Trinajstić information content (AvgIpc) is 1.77. The number of likely N-dealkylation sites (N-methyl/N-ethyl adjacent to an activating group) is 1. The molecular weight excluding hydrogens is 185 g/mol. The van der Waals surface area contributed by atoms with Crippen molar-refractivity contribution in [3.05, 3.63) is 0 Å². The number of ether oxygens (including phenoxy) is 1. The second-order valence-electron chi connectivity index (χ2n) is 4.30. The number of hydrogen-bond acceptors (Lipinski definition) is 3. The molecule has 0 heterocycles. The van der Waals surface area contributed by atoms with Crippen LogP contribution in [0, 0.1) is 0 Å². The van der Waals surface area contributed by atoms with Crippen LogP contribution in [0.15, 0.2) is 0 Å². The highest BCUT2D eigenvalue weighted by Gasteiger charge is 2.23. The van der Waals surface area contributed by atoms with Gasteiger partial charge in [0.25, 0.3) is 0 Å². The van der Waals surface area contributed by atoms with E-state index < -0.39 is 18.0 Å². The van der Waals surface area contributed by atoms with Gasteiger partial charge in [0.2, 0.25) is 0 Å². The fraction of sp³-hybridized carbons (Fsp3) is 0.778. The molecule has 1 atom stereocenters. The summed E-state index contributed by atoms with van der Waals surface area (Å²) in [5.41, 5.74) is 0. The third-order valence-corrected chi connectivity index (χ3v) is 1.49. The van der Waals surface area contributed by atoms with Crippen LogP contribution in [-0.2, 0) is 14.3 Å². The van der Waals surface area contributed by atoms with Crippen molar-refractivity contribution < 1.29 is 23.9 Å². The van der Waals surface area contributed by atoms with E-state index in [1.807, 2.05) is 21.1 Å². The molecule has 5 nitrogen and oxygen atoms in total. The van der Waals surface area contributed by atoms with Gasteiger partial charge in [0.15, 0.2) is 6.10 Å². The third-order valence-electron chi connectivity index (χ3n) is 1.49. The first-order valence-corrected chi connectivity index (χ1v) is 4.40. The molecule has 0 saturated carbocycles. The molecule has 0 aromatic heterocycles. The van der Waals surface area contributed by atoms with Crippen molar-refractivity contribution in [3.8, 4) is 0 Å². The first-order chi connectivity index (χ1) is 6.20. The quantitative estimate of drug-likeness (QED) is 0.508. The Labute approximate surface area is 83.9 Å². The zero-order valence-electron chi connectivity index (χ0n) is 9.11. The smallest absolute Gasteiger partial charge is 0.307 e. The topological polar surface area (TPSA) is 63.6 Å². The van der Waals surface area contributed by atoms with Gasteiger partial charge >= 0.3 is 11.9 Å². The zero-order valence-corrected chi connectivity index (χ0v) is 9.11. The van der Waals surface area contributed by atoms with Gasteiger partial charge < -0.3 is 14.3 Å². The minimum atomic E-state index is -0.954. The second kappa shape index (κ2) is 4.95. The Balaban J connectivity index is 4.24. The summed E-state index contributed by atoms with van der Waals surface area (Å²) in [5.74, 6) is -1.39. The van der Waals surface area contributed by atoms with Crippen LogP contribution in [0.2, 0.25) is 0 Å². The molecule has 0 radical (unpaired) electrons. The number of carboxylic acids is 1. The van der Waals surface area contributed by atoms with Crippen LogP contribution < -0.4 is 0 Å². The molecule has 0 aliphatic heterocycles. The number of esters is 1. The van der Waals surface area contributed by atoms with Crippen LogP contribution in [0.4, 0.5) is 0 Å². The van der Waals surface area contributed by atoms with Crippen molar-refractivity contribution in [1.29, 1.82) is 0 Å². The predicted molar refractivity (Wildman–Crippen MR) is 50.7 cm³/mol. The Morgan fingerprint density at radius 2 is 1.86 bits per heavy atom. The van der Waals surface area contributed by atoms with Crippen LogP contribution in [0.1, 0.15) is 13.3 Å². The monoisotopic (exact) mass is 203 g/mol. The highest BCUT2D eigenvalue weighted by Crippen LogP contribution is 2.04. The van der Waals surface area contributed by atoms with E-state index in [0.29, 0.717) is 11.0 Å². The Morgan fingerprint density at radius 3 is 2.14 bits per heavy atom. The Bertz CT molecular complexity index is 203. The number of quaternary nitrogens is 1. The molecule has 0 aliphatic carbocycles. The van der Waals surface area contributed by atoms with Gasteiger partial charge in [-0.2, -0.15) is 0 Å². The lowest BCUT2D eigenvalue weighted by Gasteiger charge is -2.28. The van der Waals surface area contributed by atoms with Gasteiger partial charge in [0.1, 0.15) is 6.54 Å². The minimum absolute atomic E-state index is 0.144. The van der Waals surface area contributed by atoms with Crippen molar-refractivity contribution in [3.63, 3.8) is 0 Å². The number of carbonyl (C=O) groups excluding carboxylic acids is 1. The molecule has 0 saturated heterocycles. The van der Waals surface area contributed by atoms with Crippen LogP contribution in [0.25, 0.3) is 0 Å². The van der Waals surface area contributed by atoms with E-state index in [9.17, 15) is 9.59 Å². The van der Waals surface area contributed by atoms with Crippen molar-refractivity contribution in [2.45, 2.75) is 19.4 Å². The van der Waals surface area contributed by atoms with Gasteiger partial charge in [0, 0.05) is 6.92 Å². The van der Waals surface area contributed by atoms with E-state index in [1.54, 1.807) is 0 Å². The molecule has 0 aliphatic rings. The van der Waals surface area contributed by atoms with Crippen molar-refractivity contribution in [2.75, 3.05) is 27.7 Å². The first-order valence-electron chi connectivity index (χ1n) is 4.40. The molecule has 82 valence electrons. The van der Waals surface area contributed by atoms with Gasteiger partial charge in [-0.15, -0.1) is 0 Å². The summed E-state index contributed by atoms with van der Waals surface area (Å²) < 4.78 is 5.46. The average molecular weight is 203 g/mol. The summed E-state index contributed by atoms with van der Waals surface area (Å²) in [6, 6.07) is 0. The number of hydrogen-bond donors (Lipinski definition) is 1. The largest absolute Gasteiger partial charge is 0.481 e. The number of nitrogens with zero attached hydrogens (tertiary/aromatic N) is 1. The molecule has 0 bridgehead atoms. The summed E-state index contributed by atoms with van der Waals surface area (Å²) in [6.45, 7) is 1.77. The molecule has 5 heteroatoms.